The minimum atomic E-state index is -0.950. The lowest BCUT2D eigenvalue weighted by Gasteiger charge is -2.08. The molecule has 0 saturated carbocycles. The minimum absolute atomic E-state index is 0.256. The molecule has 0 saturated heterocycles. The predicted octanol–water partition coefficient (Wildman–Crippen LogP) is 3.68. The van der Waals surface area contributed by atoms with Gasteiger partial charge in [-0.15, -0.1) is 0 Å². The Balaban J connectivity index is 2.06. The Morgan fingerprint density at radius 3 is 2.55 bits per heavy atom. The highest BCUT2D eigenvalue weighted by Gasteiger charge is 2.09. The van der Waals surface area contributed by atoms with Gasteiger partial charge in [0, 0.05) is 23.0 Å². The molecule has 1 aromatic heterocycles. The molecule has 0 radical (unpaired) electrons. The van der Waals surface area contributed by atoms with Crippen molar-refractivity contribution in [2.45, 2.75) is 0 Å². The van der Waals surface area contributed by atoms with Crippen molar-refractivity contribution < 1.29 is 9.90 Å². The van der Waals surface area contributed by atoms with Crippen molar-refractivity contribution in [2.75, 3.05) is 5.32 Å². The smallest absolute Gasteiger partial charge is 0.336 e. The van der Waals surface area contributed by atoms with E-state index in [1.54, 1.807) is 6.07 Å². The number of carbonyl (C=O) groups is 1. The van der Waals surface area contributed by atoms with E-state index in [1.165, 1.54) is 12.3 Å². The van der Waals surface area contributed by atoms with Gasteiger partial charge in [-0.3, -0.25) is 4.98 Å². The van der Waals surface area contributed by atoms with Crippen LogP contribution in [0.5, 0.6) is 0 Å². The lowest BCUT2D eigenvalue weighted by Crippen LogP contribution is -1.99. The molecule has 1 heterocycles. The Bertz CT molecular complexity index is 770. The maximum absolute atomic E-state index is 11.2. The van der Waals surface area contributed by atoms with E-state index < -0.39 is 5.97 Å². The molecule has 0 aliphatic rings. The molecule has 0 aliphatic carbocycles. The molecule has 4 heteroatoms. The van der Waals surface area contributed by atoms with Gasteiger partial charge in [-0.25, -0.2) is 4.79 Å². The van der Waals surface area contributed by atoms with Crippen molar-refractivity contribution in [1.82, 2.24) is 4.98 Å². The Labute approximate surface area is 115 Å². The van der Waals surface area contributed by atoms with Crippen LogP contribution in [0.15, 0.2) is 60.8 Å². The second-order valence-corrected chi connectivity index (χ2v) is 4.39. The highest BCUT2D eigenvalue weighted by molar-refractivity contribution is 6.03. The van der Waals surface area contributed by atoms with Crippen molar-refractivity contribution in [3.05, 3.63) is 66.4 Å². The average molecular weight is 264 g/mol. The number of carboxylic acids is 1. The number of pyridine rings is 1. The second kappa shape index (κ2) is 5.01. The van der Waals surface area contributed by atoms with Crippen molar-refractivity contribution in [3.63, 3.8) is 0 Å². The molecular formula is C16H12N2O2. The Morgan fingerprint density at radius 1 is 1.00 bits per heavy atom. The van der Waals surface area contributed by atoms with E-state index in [4.69, 9.17) is 0 Å². The van der Waals surface area contributed by atoms with Crippen molar-refractivity contribution in [2.24, 2.45) is 0 Å². The summed E-state index contributed by atoms with van der Waals surface area (Å²) in [5.74, 6) is -0.950. The lowest BCUT2D eigenvalue weighted by atomic mass is 10.1. The molecule has 4 nitrogen and oxygen atoms in total. The number of nitrogens with one attached hydrogen (secondary N) is 1. The third-order valence-corrected chi connectivity index (χ3v) is 3.03. The molecular weight excluding hydrogens is 252 g/mol. The molecule has 0 atom stereocenters. The van der Waals surface area contributed by atoms with E-state index in [0.717, 1.165) is 11.4 Å². The summed E-state index contributed by atoms with van der Waals surface area (Å²) in [5, 5.41) is 13.1. The van der Waals surface area contributed by atoms with Crippen molar-refractivity contribution in [1.29, 1.82) is 0 Å². The molecule has 0 bridgehead atoms. The number of rotatable bonds is 3. The zero-order valence-electron chi connectivity index (χ0n) is 10.6. The lowest BCUT2D eigenvalue weighted by molar-refractivity contribution is 0.0699. The van der Waals surface area contributed by atoms with Gasteiger partial charge in [-0.05, 0) is 36.4 Å². The number of aromatic carboxylic acids is 1. The quantitative estimate of drug-likeness (QED) is 0.757. The highest BCUT2D eigenvalue weighted by atomic mass is 16.4. The molecule has 0 aliphatic heterocycles. The van der Waals surface area contributed by atoms with E-state index in [9.17, 15) is 9.90 Å². The van der Waals surface area contributed by atoms with Gasteiger partial charge in [0.05, 0.1) is 11.1 Å². The number of anilines is 2. The van der Waals surface area contributed by atoms with Crippen LogP contribution >= 0.6 is 0 Å². The first-order valence-electron chi connectivity index (χ1n) is 6.18. The zero-order chi connectivity index (χ0) is 13.9. The number of aromatic nitrogens is 1. The van der Waals surface area contributed by atoms with E-state index in [0.29, 0.717) is 10.9 Å². The fourth-order valence-electron chi connectivity index (χ4n) is 2.10. The summed E-state index contributed by atoms with van der Waals surface area (Å²) < 4.78 is 0. The number of para-hydroxylation sites is 1. The van der Waals surface area contributed by atoms with Crippen molar-refractivity contribution >= 4 is 28.2 Å². The summed E-state index contributed by atoms with van der Waals surface area (Å²) in [5.41, 5.74) is 2.71. The largest absolute Gasteiger partial charge is 0.478 e. The van der Waals surface area contributed by atoms with Gasteiger partial charge in [0.1, 0.15) is 0 Å². The van der Waals surface area contributed by atoms with Crippen LogP contribution in [0, 0.1) is 0 Å². The van der Waals surface area contributed by atoms with Gasteiger partial charge in [0.15, 0.2) is 0 Å². The highest BCUT2D eigenvalue weighted by Crippen LogP contribution is 2.23. The first-order valence-corrected chi connectivity index (χ1v) is 6.18. The zero-order valence-corrected chi connectivity index (χ0v) is 10.6. The molecule has 2 aromatic carbocycles. The Kier molecular flexibility index (Phi) is 3.05. The number of hydrogen-bond acceptors (Lipinski definition) is 3. The van der Waals surface area contributed by atoms with Crippen LogP contribution in [0.2, 0.25) is 0 Å². The molecule has 3 rings (SSSR count). The maximum Gasteiger partial charge on any atom is 0.336 e. The molecule has 0 unspecified atom stereocenters. The fourth-order valence-corrected chi connectivity index (χ4v) is 2.10. The molecule has 0 fully saturated rings. The van der Waals surface area contributed by atoms with Crippen LogP contribution in [-0.2, 0) is 0 Å². The van der Waals surface area contributed by atoms with Crippen LogP contribution < -0.4 is 5.32 Å². The van der Waals surface area contributed by atoms with Gasteiger partial charge < -0.3 is 10.4 Å². The minimum Gasteiger partial charge on any atom is -0.478 e. The van der Waals surface area contributed by atoms with E-state index in [2.05, 4.69) is 10.3 Å². The van der Waals surface area contributed by atoms with Crippen LogP contribution in [0.25, 0.3) is 10.9 Å². The average Bonchev–Trinajstić information content (AvgIpc) is 2.47. The van der Waals surface area contributed by atoms with E-state index >= 15 is 0 Å². The summed E-state index contributed by atoms with van der Waals surface area (Å²) in [6, 6.07) is 16.7. The predicted molar refractivity (Wildman–Crippen MR) is 78.4 cm³/mol. The van der Waals surface area contributed by atoms with Gasteiger partial charge in [-0.2, -0.15) is 0 Å². The Hall–Kier alpha value is -2.88. The standard InChI is InChI=1S/C16H12N2O2/c19-16(20)13-8-9-17-15-7-6-12(10-14(13)15)18-11-4-2-1-3-5-11/h1-10,18H,(H,19,20). The summed E-state index contributed by atoms with van der Waals surface area (Å²) in [6.45, 7) is 0. The number of nitrogens with zero attached hydrogens (tertiary/aromatic N) is 1. The van der Waals surface area contributed by atoms with Crippen LogP contribution in [0.3, 0.4) is 0 Å². The first kappa shape index (κ1) is 12.2. The molecule has 3 aromatic rings. The fraction of sp³-hybridized carbons (Fsp3) is 0. The third kappa shape index (κ3) is 2.31. The molecule has 98 valence electrons. The van der Waals surface area contributed by atoms with Gasteiger partial charge in [0.25, 0.3) is 0 Å². The molecule has 2 N–H and O–H groups in total. The summed E-state index contributed by atoms with van der Waals surface area (Å²) >= 11 is 0. The normalized spacial score (nSPS) is 10.4. The van der Waals surface area contributed by atoms with Gasteiger partial charge in [-0.1, -0.05) is 18.2 Å². The SMILES string of the molecule is O=C(O)c1ccnc2ccc(Nc3ccccc3)cc12. The molecule has 20 heavy (non-hydrogen) atoms. The topological polar surface area (TPSA) is 62.2 Å². The number of hydrogen-bond donors (Lipinski definition) is 2. The first-order chi connectivity index (χ1) is 9.74. The second-order valence-electron chi connectivity index (χ2n) is 4.39. The number of fused-ring (bicyclic) bond motifs is 1. The molecule has 0 amide bonds. The van der Waals surface area contributed by atoms with Gasteiger partial charge in [0.2, 0.25) is 0 Å². The number of carboxylic acid groups (broad SMARTS) is 1. The van der Waals surface area contributed by atoms with E-state index in [-0.39, 0.29) is 5.56 Å². The van der Waals surface area contributed by atoms with Gasteiger partial charge >= 0.3 is 5.97 Å². The maximum atomic E-state index is 11.2. The summed E-state index contributed by atoms with van der Waals surface area (Å²) in [6.07, 6.45) is 1.51. The van der Waals surface area contributed by atoms with Crippen LogP contribution in [0.4, 0.5) is 11.4 Å². The van der Waals surface area contributed by atoms with E-state index in [1.807, 2.05) is 42.5 Å². The number of benzene rings is 2. The van der Waals surface area contributed by atoms with Crippen molar-refractivity contribution in [3.8, 4) is 0 Å². The molecule has 0 spiro atoms. The third-order valence-electron chi connectivity index (χ3n) is 3.03. The van der Waals surface area contributed by atoms with Crippen LogP contribution in [-0.4, -0.2) is 16.1 Å². The van der Waals surface area contributed by atoms with Crippen LogP contribution in [0.1, 0.15) is 10.4 Å². The summed E-state index contributed by atoms with van der Waals surface area (Å²) in [4.78, 5) is 15.4. The monoisotopic (exact) mass is 264 g/mol. The Morgan fingerprint density at radius 2 is 1.80 bits per heavy atom. The summed E-state index contributed by atoms with van der Waals surface area (Å²) in [7, 11) is 0.